The molecule has 1 aliphatic carbocycles. The molecule has 0 saturated heterocycles. The van der Waals surface area contributed by atoms with E-state index in [-0.39, 0.29) is 0 Å². The van der Waals surface area contributed by atoms with Crippen LogP contribution >= 0.6 is 0 Å². The lowest BCUT2D eigenvalue weighted by molar-refractivity contribution is 1.12. The Bertz CT molecular complexity index is 3690. The largest absolute Gasteiger partial charge is 0.309 e. The van der Waals surface area contributed by atoms with E-state index in [1.165, 1.54) is 132 Å². The molecule has 0 spiro atoms. The highest BCUT2D eigenvalue weighted by Crippen LogP contribution is 2.47. The number of hydrogen-bond acceptors (Lipinski definition) is 0. The fraction of sp³-hybridized carbons (Fsp3) is 0.0526. The number of nitrogens with zero attached hydrogens (tertiary/aromatic N) is 2. The third kappa shape index (κ3) is 4.57. The van der Waals surface area contributed by atoms with Crippen molar-refractivity contribution in [1.82, 2.24) is 9.13 Å². The molecule has 1 aliphatic rings. The quantitative estimate of drug-likeness (QED) is 0.159. The van der Waals surface area contributed by atoms with Gasteiger partial charge in [-0.3, -0.25) is 0 Å². The molecule has 2 heteroatoms. The van der Waals surface area contributed by atoms with Crippen LogP contribution < -0.4 is 0 Å². The van der Waals surface area contributed by atoms with Crippen LogP contribution in [0.25, 0.3) is 110 Å². The summed E-state index contributed by atoms with van der Waals surface area (Å²) in [6.07, 6.45) is 0.875. The Balaban J connectivity index is 0.980. The number of rotatable bonds is 3. The molecule has 0 aliphatic heterocycles. The number of fused-ring (bicyclic) bond motifs is 15. The number of aryl methyl sites for hydroxylation is 2. The SMILES string of the molecule is Cc1ccc2c(c1)c1cc(C)ccc1n2-c1ccc2c(c1)c1ccccc1n2-c1cccc2c1Cc1c(-c3ccc4c5ccccc5c5ccccc5c4c3)cccc1-2. The highest BCUT2D eigenvalue weighted by molar-refractivity contribution is 6.26. The van der Waals surface area contributed by atoms with E-state index in [0.717, 1.165) is 6.42 Å². The Morgan fingerprint density at radius 1 is 0.322 bits per heavy atom. The molecule has 2 nitrogen and oxygen atoms in total. The molecule has 13 rings (SSSR count). The maximum Gasteiger partial charge on any atom is 0.0542 e. The summed E-state index contributed by atoms with van der Waals surface area (Å²) in [7, 11) is 0. The predicted molar refractivity (Wildman–Crippen MR) is 251 cm³/mol. The maximum atomic E-state index is 2.52. The van der Waals surface area contributed by atoms with Crippen LogP contribution in [0.5, 0.6) is 0 Å². The fourth-order valence-corrected chi connectivity index (χ4v) is 10.7. The van der Waals surface area contributed by atoms with E-state index in [9.17, 15) is 0 Å². The van der Waals surface area contributed by atoms with Gasteiger partial charge in [-0.05, 0) is 140 Å². The van der Waals surface area contributed by atoms with Gasteiger partial charge in [0.15, 0.2) is 0 Å². The maximum absolute atomic E-state index is 2.52. The summed E-state index contributed by atoms with van der Waals surface area (Å²) in [5, 5.41) is 13.0. The first-order chi connectivity index (χ1) is 29.1. The smallest absolute Gasteiger partial charge is 0.0542 e. The topological polar surface area (TPSA) is 9.86 Å². The standard InChI is InChI=1S/C57H38N2/c1-34-21-26-55-49(29-34)50-30-35(2)22-27-56(50)58(55)37-24-28-57-51(32-37)46-15-7-8-19-53(46)59(57)54-20-10-18-44-43-17-9-16-38(48(43)33-52(44)54)36-23-25-45-41-13-4-3-11-39(41)40-12-5-6-14-42(40)47(45)31-36/h3-32H,33H2,1-2H3. The molecule has 10 aromatic carbocycles. The zero-order valence-corrected chi connectivity index (χ0v) is 32.9. The van der Waals surface area contributed by atoms with Gasteiger partial charge in [0.05, 0.1) is 27.8 Å². The summed E-state index contributed by atoms with van der Waals surface area (Å²) in [6.45, 7) is 4.37. The molecular weight excluding hydrogens is 713 g/mol. The van der Waals surface area contributed by atoms with Crippen LogP contribution in [0, 0.1) is 13.8 Å². The van der Waals surface area contributed by atoms with Crippen molar-refractivity contribution in [2.75, 3.05) is 0 Å². The van der Waals surface area contributed by atoms with Gasteiger partial charge in [0.2, 0.25) is 0 Å². The van der Waals surface area contributed by atoms with Crippen molar-refractivity contribution in [2.45, 2.75) is 20.3 Å². The predicted octanol–water partition coefficient (Wildman–Crippen LogP) is 15.2. The van der Waals surface area contributed by atoms with E-state index < -0.39 is 0 Å². The monoisotopic (exact) mass is 750 g/mol. The van der Waals surface area contributed by atoms with Crippen molar-refractivity contribution in [3.8, 4) is 33.6 Å². The Hall–Kier alpha value is -7.42. The molecule has 276 valence electrons. The molecule has 0 N–H and O–H groups in total. The van der Waals surface area contributed by atoms with Gasteiger partial charge in [0.1, 0.15) is 0 Å². The molecule has 0 bridgehead atoms. The van der Waals surface area contributed by atoms with Crippen molar-refractivity contribution in [3.05, 3.63) is 204 Å². The van der Waals surface area contributed by atoms with Gasteiger partial charge in [-0.25, -0.2) is 0 Å². The molecule has 59 heavy (non-hydrogen) atoms. The molecule has 0 atom stereocenters. The summed E-state index contributed by atoms with van der Waals surface area (Å²) in [5.41, 5.74) is 17.9. The Kier molecular flexibility index (Phi) is 6.67. The number of para-hydroxylation sites is 1. The average Bonchev–Trinajstić information content (AvgIpc) is 3.93. The highest BCUT2D eigenvalue weighted by atomic mass is 15.0. The first-order valence-electron chi connectivity index (χ1n) is 20.7. The fourth-order valence-electron chi connectivity index (χ4n) is 10.7. The van der Waals surface area contributed by atoms with Gasteiger partial charge < -0.3 is 9.13 Å². The Morgan fingerprint density at radius 2 is 0.831 bits per heavy atom. The van der Waals surface area contributed by atoms with E-state index in [0.29, 0.717) is 0 Å². The summed E-state index contributed by atoms with van der Waals surface area (Å²) < 4.78 is 4.97. The van der Waals surface area contributed by atoms with E-state index in [4.69, 9.17) is 0 Å². The lowest BCUT2D eigenvalue weighted by atomic mass is 9.90. The second-order valence-electron chi connectivity index (χ2n) is 16.6. The third-order valence-electron chi connectivity index (χ3n) is 13.3. The van der Waals surface area contributed by atoms with Gasteiger partial charge in [0.25, 0.3) is 0 Å². The molecular formula is C57H38N2. The van der Waals surface area contributed by atoms with Crippen LogP contribution in [-0.4, -0.2) is 9.13 Å². The van der Waals surface area contributed by atoms with E-state index in [1.54, 1.807) is 0 Å². The van der Waals surface area contributed by atoms with Gasteiger partial charge in [-0.1, -0.05) is 132 Å². The number of benzene rings is 10. The minimum atomic E-state index is 0.875. The van der Waals surface area contributed by atoms with Crippen molar-refractivity contribution in [1.29, 1.82) is 0 Å². The summed E-state index contributed by atoms with van der Waals surface area (Å²) in [5.74, 6) is 0. The van der Waals surface area contributed by atoms with Crippen LogP contribution in [0.15, 0.2) is 182 Å². The van der Waals surface area contributed by atoms with Crippen LogP contribution in [0.1, 0.15) is 22.3 Å². The van der Waals surface area contributed by atoms with Crippen LogP contribution in [0.2, 0.25) is 0 Å². The number of aromatic nitrogens is 2. The molecule has 0 saturated carbocycles. The summed E-state index contributed by atoms with van der Waals surface area (Å²) in [4.78, 5) is 0. The Labute approximate surface area is 341 Å². The first kappa shape index (κ1) is 32.6. The summed E-state index contributed by atoms with van der Waals surface area (Å²) >= 11 is 0. The zero-order chi connectivity index (χ0) is 38.9. The highest BCUT2D eigenvalue weighted by Gasteiger charge is 2.26. The van der Waals surface area contributed by atoms with Crippen molar-refractivity contribution >= 4 is 75.9 Å². The van der Waals surface area contributed by atoms with E-state index >= 15 is 0 Å². The third-order valence-corrected chi connectivity index (χ3v) is 13.3. The van der Waals surface area contributed by atoms with E-state index in [1.807, 2.05) is 0 Å². The Morgan fingerprint density at radius 3 is 1.53 bits per heavy atom. The van der Waals surface area contributed by atoms with Gasteiger partial charge in [-0.2, -0.15) is 0 Å². The first-order valence-corrected chi connectivity index (χ1v) is 20.7. The normalized spacial score (nSPS) is 12.5. The molecule has 0 amide bonds. The van der Waals surface area contributed by atoms with Crippen molar-refractivity contribution < 1.29 is 0 Å². The summed E-state index contributed by atoms with van der Waals surface area (Å²) in [6, 6.07) is 68.4. The molecule has 0 fully saturated rings. The molecule has 0 unspecified atom stereocenters. The lowest BCUT2D eigenvalue weighted by Gasteiger charge is -2.14. The molecule has 0 radical (unpaired) electrons. The van der Waals surface area contributed by atoms with E-state index in [2.05, 4.69) is 205 Å². The van der Waals surface area contributed by atoms with Gasteiger partial charge in [0, 0.05) is 33.7 Å². The van der Waals surface area contributed by atoms with Crippen molar-refractivity contribution in [3.63, 3.8) is 0 Å². The average molecular weight is 751 g/mol. The van der Waals surface area contributed by atoms with Crippen molar-refractivity contribution in [2.24, 2.45) is 0 Å². The second-order valence-corrected chi connectivity index (χ2v) is 16.6. The second kappa shape index (κ2) is 12.0. The molecule has 12 aromatic rings. The van der Waals surface area contributed by atoms with Gasteiger partial charge >= 0.3 is 0 Å². The number of hydrogen-bond donors (Lipinski definition) is 0. The van der Waals surface area contributed by atoms with Crippen LogP contribution in [0.4, 0.5) is 0 Å². The van der Waals surface area contributed by atoms with Gasteiger partial charge in [-0.15, -0.1) is 0 Å². The lowest BCUT2D eigenvalue weighted by Crippen LogP contribution is -1.99. The van der Waals surface area contributed by atoms with Crippen LogP contribution in [0.3, 0.4) is 0 Å². The molecule has 2 aromatic heterocycles. The minimum Gasteiger partial charge on any atom is -0.309 e. The van der Waals surface area contributed by atoms with Crippen LogP contribution in [-0.2, 0) is 6.42 Å². The zero-order valence-electron chi connectivity index (χ0n) is 32.9. The molecule has 2 heterocycles. The minimum absolute atomic E-state index is 0.875.